The maximum atomic E-state index is 13.2. The Morgan fingerprint density at radius 2 is 2.00 bits per heavy atom. The molecule has 0 saturated heterocycles. The van der Waals surface area contributed by atoms with Crippen molar-refractivity contribution in [3.8, 4) is 0 Å². The first-order valence-electron chi connectivity index (χ1n) is 10.4. The number of hydrogen-bond acceptors (Lipinski definition) is 4. The zero-order valence-electron chi connectivity index (χ0n) is 17.3. The van der Waals surface area contributed by atoms with Gasteiger partial charge in [0.2, 0.25) is 0 Å². The van der Waals surface area contributed by atoms with Crippen molar-refractivity contribution in [3.63, 3.8) is 0 Å². The quantitative estimate of drug-likeness (QED) is 0.282. The Morgan fingerprint density at radius 1 is 1.21 bits per heavy atom. The van der Waals surface area contributed by atoms with Crippen molar-refractivity contribution in [3.05, 3.63) is 41.5 Å². The third kappa shape index (κ3) is 6.19. The first kappa shape index (κ1) is 21.6. The summed E-state index contributed by atoms with van der Waals surface area (Å²) in [7, 11) is 1.76. The molecule has 1 aromatic carbocycles. The van der Waals surface area contributed by atoms with Gasteiger partial charge in [-0.1, -0.05) is 36.7 Å². The number of nitrogens with zero attached hydrogens (tertiary/aromatic N) is 4. The van der Waals surface area contributed by atoms with Gasteiger partial charge in [0.1, 0.15) is 11.6 Å². The summed E-state index contributed by atoms with van der Waals surface area (Å²) in [5.41, 5.74) is 0.976. The predicted molar refractivity (Wildman–Crippen MR) is 117 cm³/mol. The van der Waals surface area contributed by atoms with E-state index in [0.29, 0.717) is 12.6 Å². The lowest BCUT2D eigenvalue weighted by molar-refractivity contribution is 0.460. The third-order valence-corrected chi connectivity index (χ3v) is 5.94. The predicted octanol–water partition coefficient (Wildman–Crippen LogP) is 3.59. The minimum absolute atomic E-state index is 0.194. The van der Waals surface area contributed by atoms with Gasteiger partial charge in [-0.15, -0.1) is 10.2 Å². The van der Waals surface area contributed by atoms with E-state index in [1.165, 1.54) is 31.7 Å². The Morgan fingerprint density at radius 3 is 2.72 bits per heavy atom. The summed E-state index contributed by atoms with van der Waals surface area (Å²) < 4.78 is 15.6. The van der Waals surface area contributed by atoms with Crippen molar-refractivity contribution >= 4 is 17.7 Å². The normalized spacial score (nSPS) is 15.1. The number of benzene rings is 1. The number of aliphatic imine (C=N–C) groups is 1. The van der Waals surface area contributed by atoms with Crippen LogP contribution < -0.4 is 10.6 Å². The van der Waals surface area contributed by atoms with E-state index in [2.05, 4.69) is 36.6 Å². The summed E-state index contributed by atoms with van der Waals surface area (Å²) in [6.45, 7) is 1.52. The summed E-state index contributed by atoms with van der Waals surface area (Å²) >= 11 is 1.68. The summed E-state index contributed by atoms with van der Waals surface area (Å²) in [4.78, 5) is 4.26. The smallest absolute Gasteiger partial charge is 0.191 e. The molecule has 1 saturated carbocycles. The lowest BCUT2D eigenvalue weighted by atomic mass is 10.1. The highest BCUT2D eigenvalue weighted by atomic mass is 32.2. The molecule has 3 rings (SSSR count). The number of hydrogen-bond donors (Lipinski definition) is 2. The van der Waals surface area contributed by atoms with Crippen molar-refractivity contribution in [2.45, 2.75) is 56.1 Å². The van der Waals surface area contributed by atoms with Gasteiger partial charge in [0, 0.05) is 32.6 Å². The van der Waals surface area contributed by atoms with Gasteiger partial charge < -0.3 is 15.2 Å². The van der Waals surface area contributed by atoms with Gasteiger partial charge >= 0.3 is 0 Å². The molecule has 8 heteroatoms. The molecule has 0 spiro atoms. The molecular weight excluding hydrogens is 387 g/mol. The highest BCUT2D eigenvalue weighted by molar-refractivity contribution is 7.98. The highest BCUT2D eigenvalue weighted by Crippen LogP contribution is 2.33. The minimum atomic E-state index is -0.194. The molecule has 1 aromatic heterocycles. The first-order chi connectivity index (χ1) is 14.2. The van der Waals surface area contributed by atoms with Crippen LogP contribution in [0.5, 0.6) is 0 Å². The van der Waals surface area contributed by atoms with E-state index in [-0.39, 0.29) is 5.82 Å². The van der Waals surface area contributed by atoms with E-state index in [1.54, 1.807) is 30.9 Å². The lowest BCUT2D eigenvalue weighted by Crippen LogP contribution is -2.38. The molecule has 1 fully saturated rings. The summed E-state index contributed by atoms with van der Waals surface area (Å²) in [5.74, 6) is 1.67. The second kappa shape index (κ2) is 11.2. The fourth-order valence-corrected chi connectivity index (χ4v) is 4.41. The zero-order chi connectivity index (χ0) is 20.5. The fourth-order valence-electron chi connectivity index (χ4n) is 3.84. The van der Waals surface area contributed by atoms with Crippen LogP contribution >= 0.6 is 11.8 Å². The Hall–Kier alpha value is -2.09. The topological polar surface area (TPSA) is 67.1 Å². The van der Waals surface area contributed by atoms with Gasteiger partial charge in [0.05, 0.1) is 0 Å². The molecule has 0 unspecified atom stereocenters. The van der Waals surface area contributed by atoms with Crippen LogP contribution in [0, 0.1) is 5.82 Å². The Bertz CT molecular complexity index is 800. The van der Waals surface area contributed by atoms with Crippen LogP contribution in [-0.4, -0.2) is 47.1 Å². The number of thioether (sulfide) groups is 1. The fraction of sp³-hybridized carbons (Fsp3) is 0.571. The van der Waals surface area contributed by atoms with Crippen molar-refractivity contribution in [2.24, 2.45) is 4.99 Å². The molecular formula is C21H31FN6S. The van der Waals surface area contributed by atoms with Gasteiger partial charge in [-0.3, -0.25) is 4.99 Å². The average molecular weight is 419 g/mol. The van der Waals surface area contributed by atoms with Crippen LogP contribution in [-0.2, 0) is 12.8 Å². The number of aryl methyl sites for hydroxylation is 1. The monoisotopic (exact) mass is 418 g/mol. The maximum Gasteiger partial charge on any atom is 0.191 e. The largest absolute Gasteiger partial charge is 0.356 e. The van der Waals surface area contributed by atoms with Gasteiger partial charge in [-0.25, -0.2) is 4.39 Å². The SMILES string of the molecule is CN=C(NCCCc1nnc(SC)n1C1CCCC1)NCCc1cccc(F)c1. The molecule has 0 aliphatic heterocycles. The Labute approximate surface area is 176 Å². The van der Waals surface area contributed by atoms with E-state index in [9.17, 15) is 4.39 Å². The molecule has 0 radical (unpaired) electrons. The molecule has 1 aliphatic rings. The molecule has 29 heavy (non-hydrogen) atoms. The second-order valence-corrected chi connectivity index (χ2v) is 8.09. The van der Waals surface area contributed by atoms with E-state index >= 15 is 0 Å². The maximum absolute atomic E-state index is 13.2. The second-order valence-electron chi connectivity index (χ2n) is 7.32. The van der Waals surface area contributed by atoms with Crippen LogP contribution in [0.2, 0.25) is 0 Å². The number of nitrogens with one attached hydrogen (secondary N) is 2. The Kier molecular flexibility index (Phi) is 8.34. The molecule has 2 N–H and O–H groups in total. The number of halogens is 1. The molecule has 158 valence electrons. The van der Waals surface area contributed by atoms with Crippen molar-refractivity contribution in [1.29, 1.82) is 0 Å². The van der Waals surface area contributed by atoms with Gasteiger partial charge in [-0.05, 0) is 49.6 Å². The molecule has 0 amide bonds. The Balaban J connectivity index is 1.42. The van der Waals surface area contributed by atoms with Crippen LogP contribution in [0.3, 0.4) is 0 Å². The minimum Gasteiger partial charge on any atom is -0.356 e. The zero-order valence-corrected chi connectivity index (χ0v) is 18.1. The third-order valence-electron chi connectivity index (χ3n) is 5.30. The van der Waals surface area contributed by atoms with Crippen molar-refractivity contribution in [1.82, 2.24) is 25.4 Å². The van der Waals surface area contributed by atoms with Gasteiger partial charge in [0.25, 0.3) is 0 Å². The standard InChI is InChI=1S/C21H31FN6S/c1-23-20(25-14-12-16-7-5-8-17(22)15-16)24-13-6-11-19-26-27-21(29-2)28(19)18-9-3-4-10-18/h5,7-8,15,18H,3-4,6,9-14H2,1-2H3,(H2,23,24,25). The van der Waals surface area contributed by atoms with Crippen LogP contribution in [0.25, 0.3) is 0 Å². The van der Waals surface area contributed by atoms with Crippen LogP contribution in [0.15, 0.2) is 34.4 Å². The molecule has 0 atom stereocenters. The lowest BCUT2D eigenvalue weighted by Gasteiger charge is -2.16. The molecule has 6 nitrogen and oxygen atoms in total. The van der Waals surface area contributed by atoms with E-state index < -0.39 is 0 Å². The molecule has 1 aliphatic carbocycles. The summed E-state index contributed by atoms with van der Waals surface area (Å²) in [6, 6.07) is 7.27. The molecule has 2 aromatic rings. The van der Waals surface area contributed by atoms with Crippen molar-refractivity contribution < 1.29 is 4.39 Å². The van der Waals surface area contributed by atoms with E-state index in [1.807, 2.05) is 6.07 Å². The summed E-state index contributed by atoms with van der Waals surface area (Å²) in [5, 5.41) is 16.5. The van der Waals surface area contributed by atoms with Crippen LogP contribution in [0.4, 0.5) is 4.39 Å². The number of rotatable bonds is 9. The van der Waals surface area contributed by atoms with Crippen molar-refractivity contribution in [2.75, 3.05) is 26.4 Å². The highest BCUT2D eigenvalue weighted by Gasteiger charge is 2.23. The van der Waals surface area contributed by atoms with Gasteiger partial charge in [-0.2, -0.15) is 0 Å². The van der Waals surface area contributed by atoms with E-state index in [4.69, 9.17) is 0 Å². The summed E-state index contributed by atoms with van der Waals surface area (Å²) in [6.07, 6.45) is 9.75. The molecule has 1 heterocycles. The average Bonchev–Trinajstić information content (AvgIpc) is 3.39. The number of aromatic nitrogens is 3. The number of guanidine groups is 1. The van der Waals surface area contributed by atoms with Gasteiger partial charge in [0.15, 0.2) is 11.1 Å². The van der Waals surface area contributed by atoms with E-state index in [0.717, 1.165) is 48.3 Å². The first-order valence-corrected chi connectivity index (χ1v) is 11.6. The molecule has 0 bridgehead atoms. The van der Waals surface area contributed by atoms with Crippen LogP contribution in [0.1, 0.15) is 49.5 Å².